The van der Waals surface area contributed by atoms with Crippen molar-refractivity contribution in [1.29, 1.82) is 0 Å². The lowest BCUT2D eigenvalue weighted by Gasteiger charge is -2.26. The molecule has 1 aromatic rings. The summed E-state index contributed by atoms with van der Waals surface area (Å²) in [5, 5.41) is 0.209. The fourth-order valence-corrected chi connectivity index (χ4v) is 3.13. The van der Waals surface area contributed by atoms with E-state index in [1.54, 1.807) is 6.07 Å². The minimum atomic E-state index is -0.350. The van der Waals surface area contributed by atoms with Crippen LogP contribution in [0.4, 0.5) is 4.39 Å². The van der Waals surface area contributed by atoms with Gasteiger partial charge in [0, 0.05) is 5.88 Å². The van der Waals surface area contributed by atoms with Crippen LogP contribution < -0.4 is 0 Å². The molecular weight excluding hydrogens is 246 g/mol. The van der Waals surface area contributed by atoms with Gasteiger partial charge in [0.25, 0.3) is 0 Å². The Morgan fingerprint density at radius 2 is 1.94 bits per heavy atom. The highest BCUT2D eigenvalue weighted by atomic mass is 35.5. The van der Waals surface area contributed by atoms with Gasteiger partial charge in [0.15, 0.2) is 0 Å². The molecule has 0 bridgehead atoms. The molecular formula is C13H15Cl2F. The molecule has 1 fully saturated rings. The van der Waals surface area contributed by atoms with Crippen LogP contribution in [0, 0.1) is 11.2 Å². The topological polar surface area (TPSA) is 0 Å². The predicted octanol–water partition coefficient (Wildman–Crippen LogP) is 4.82. The zero-order valence-electron chi connectivity index (χ0n) is 9.11. The number of rotatable bonds is 3. The molecule has 1 saturated carbocycles. The predicted molar refractivity (Wildman–Crippen MR) is 66.7 cm³/mol. The fraction of sp³-hybridized carbons (Fsp3) is 0.538. The maximum atomic E-state index is 13.0. The summed E-state index contributed by atoms with van der Waals surface area (Å²) in [5.74, 6) is 0.332. The molecule has 1 aliphatic rings. The van der Waals surface area contributed by atoms with Crippen molar-refractivity contribution in [1.82, 2.24) is 0 Å². The molecule has 88 valence electrons. The van der Waals surface area contributed by atoms with Gasteiger partial charge in [-0.15, -0.1) is 11.6 Å². The van der Waals surface area contributed by atoms with Gasteiger partial charge >= 0.3 is 0 Å². The maximum Gasteiger partial charge on any atom is 0.141 e. The zero-order valence-corrected chi connectivity index (χ0v) is 10.6. The Bertz CT molecular complexity index is 370. The van der Waals surface area contributed by atoms with Gasteiger partial charge < -0.3 is 0 Å². The standard InChI is InChI=1S/C13H15Cl2F/c14-9-13(5-1-2-6-13)8-10-3-4-12(16)11(15)7-10/h3-4,7H,1-2,5-6,8-9H2. The molecule has 0 radical (unpaired) electrons. The van der Waals surface area contributed by atoms with Gasteiger partial charge in [0.1, 0.15) is 5.82 Å². The molecule has 0 N–H and O–H groups in total. The second-order valence-electron chi connectivity index (χ2n) is 4.77. The highest BCUT2D eigenvalue weighted by Gasteiger charge is 2.33. The van der Waals surface area contributed by atoms with E-state index in [9.17, 15) is 4.39 Å². The lowest BCUT2D eigenvalue weighted by Crippen LogP contribution is -2.21. The molecule has 0 nitrogen and oxygen atoms in total. The van der Waals surface area contributed by atoms with Crippen LogP contribution in [-0.4, -0.2) is 5.88 Å². The van der Waals surface area contributed by atoms with E-state index in [2.05, 4.69) is 0 Å². The van der Waals surface area contributed by atoms with E-state index in [-0.39, 0.29) is 16.3 Å². The van der Waals surface area contributed by atoms with E-state index in [1.165, 1.54) is 31.7 Å². The lowest BCUT2D eigenvalue weighted by atomic mass is 9.82. The lowest BCUT2D eigenvalue weighted by molar-refractivity contribution is 0.341. The molecule has 0 unspecified atom stereocenters. The number of hydrogen-bond donors (Lipinski definition) is 0. The van der Waals surface area contributed by atoms with Crippen LogP contribution in [0.1, 0.15) is 31.2 Å². The van der Waals surface area contributed by atoms with Crippen LogP contribution in [-0.2, 0) is 6.42 Å². The average Bonchev–Trinajstić information content (AvgIpc) is 2.73. The summed E-state index contributed by atoms with van der Waals surface area (Å²) in [6, 6.07) is 4.98. The summed E-state index contributed by atoms with van der Waals surface area (Å²) in [6.07, 6.45) is 5.76. The fourth-order valence-electron chi connectivity index (χ4n) is 2.57. The van der Waals surface area contributed by atoms with Crippen molar-refractivity contribution in [3.05, 3.63) is 34.6 Å². The molecule has 0 aliphatic heterocycles. The molecule has 0 saturated heterocycles. The van der Waals surface area contributed by atoms with Gasteiger partial charge in [-0.3, -0.25) is 0 Å². The first-order chi connectivity index (χ1) is 7.65. The first-order valence-corrected chi connectivity index (χ1v) is 6.56. The highest BCUT2D eigenvalue weighted by molar-refractivity contribution is 6.30. The Balaban J connectivity index is 2.16. The van der Waals surface area contributed by atoms with Crippen LogP contribution in [0.25, 0.3) is 0 Å². The first-order valence-electron chi connectivity index (χ1n) is 5.65. The molecule has 3 heteroatoms. The quantitative estimate of drug-likeness (QED) is 0.684. The van der Waals surface area contributed by atoms with Crippen LogP contribution in [0.2, 0.25) is 5.02 Å². The molecule has 1 aromatic carbocycles. The van der Waals surface area contributed by atoms with Crippen molar-refractivity contribution in [2.24, 2.45) is 5.41 Å². The number of hydrogen-bond acceptors (Lipinski definition) is 0. The van der Waals surface area contributed by atoms with Gasteiger partial charge in [-0.2, -0.15) is 0 Å². The van der Waals surface area contributed by atoms with Gasteiger partial charge in [0.2, 0.25) is 0 Å². The minimum absolute atomic E-state index is 0.209. The Hall–Kier alpha value is -0.270. The largest absolute Gasteiger partial charge is 0.205 e. The van der Waals surface area contributed by atoms with E-state index < -0.39 is 0 Å². The van der Waals surface area contributed by atoms with Crippen molar-refractivity contribution >= 4 is 23.2 Å². The Labute approximate surface area is 106 Å². The molecule has 0 spiro atoms. The van der Waals surface area contributed by atoms with E-state index in [4.69, 9.17) is 23.2 Å². The average molecular weight is 261 g/mol. The Kier molecular flexibility index (Phi) is 3.76. The van der Waals surface area contributed by atoms with Crippen LogP contribution >= 0.6 is 23.2 Å². The number of halogens is 3. The third-order valence-electron chi connectivity index (χ3n) is 3.51. The van der Waals surface area contributed by atoms with Crippen LogP contribution in [0.3, 0.4) is 0 Å². The summed E-state index contributed by atoms with van der Waals surface area (Å²) < 4.78 is 13.0. The van der Waals surface area contributed by atoms with E-state index in [0.717, 1.165) is 12.0 Å². The molecule has 16 heavy (non-hydrogen) atoms. The monoisotopic (exact) mass is 260 g/mol. The van der Waals surface area contributed by atoms with Gasteiger partial charge in [-0.25, -0.2) is 4.39 Å². The van der Waals surface area contributed by atoms with Crippen molar-refractivity contribution in [2.45, 2.75) is 32.1 Å². The normalized spacial score (nSPS) is 18.9. The highest BCUT2D eigenvalue weighted by Crippen LogP contribution is 2.42. The second-order valence-corrected chi connectivity index (χ2v) is 5.44. The van der Waals surface area contributed by atoms with E-state index >= 15 is 0 Å². The summed E-state index contributed by atoms with van der Waals surface area (Å²) in [7, 11) is 0. The third kappa shape index (κ3) is 2.52. The molecule has 0 atom stereocenters. The molecule has 0 aromatic heterocycles. The molecule has 0 heterocycles. The summed E-state index contributed by atoms with van der Waals surface area (Å²) in [4.78, 5) is 0. The molecule has 0 amide bonds. The minimum Gasteiger partial charge on any atom is -0.205 e. The summed E-state index contributed by atoms with van der Waals surface area (Å²) >= 11 is 11.9. The first kappa shape index (κ1) is 12.2. The number of benzene rings is 1. The maximum absolute atomic E-state index is 13.0. The van der Waals surface area contributed by atoms with Crippen molar-refractivity contribution in [2.75, 3.05) is 5.88 Å². The van der Waals surface area contributed by atoms with E-state index in [0.29, 0.717) is 5.88 Å². The van der Waals surface area contributed by atoms with Gasteiger partial charge in [-0.05, 0) is 42.4 Å². The number of alkyl halides is 1. The van der Waals surface area contributed by atoms with Crippen molar-refractivity contribution in [3.63, 3.8) is 0 Å². The Morgan fingerprint density at radius 1 is 1.25 bits per heavy atom. The second kappa shape index (κ2) is 4.93. The third-order valence-corrected chi connectivity index (χ3v) is 4.37. The van der Waals surface area contributed by atoms with Crippen molar-refractivity contribution < 1.29 is 4.39 Å². The molecule has 2 rings (SSSR count). The smallest absolute Gasteiger partial charge is 0.141 e. The SMILES string of the molecule is Fc1ccc(CC2(CCl)CCCC2)cc1Cl. The van der Waals surface area contributed by atoms with Crippen LogP contribution in [0.5, 0.6) is 0 Å². The Morgan fingerprint density at radius 3 is 2.50 bits per heavy atom. The summed E-state index contributed by atoms with van der Waals surface area (Å²) in [6.45, 7) is 0. The summed E-state index contributed by atoms with van der Waals surface area (Å²) in [5.41, 5.74) is 1.30. The van der Waals surface area contributed by atoms with E-state index in [1.807, 2.05) is 6.07 Å². The van der Waals surface area contributed by atoms with Gasteiger partial charge in [0.05, 0.1) is 5.02 Å². The van der Waals surface area contributed by atoms with Crippen molar-refractivity contribution in [3.8, 4) is 0 Å². The van der Waals surface area contributed by atoms with Gasteiger partial charge in [-0.1, -0.05) is 30.5 Å². The zero-order chi connectivity index (χ0) is 11.6. The van der Waals surface area contributed by atoms with Crippen LogP contribution in [0.15, 0.2) is 18.2 Å². The molecule has 1 aliphatic carbocycles.